The second kappa shape index (κ2) is 12.0. The standard InChI is InChI=1S/C31H27FN4O4S2/c32-25-10-6-24(7-11-25)29-19-27(35-40-29)30(37)34-31-33-28(20-41-31)23-8-12-26(13-9-23)42(38,39)36-16-14-22(15-17-36)18-21-4-2-1-3-5-21/h1-13,19-20,22H,14-18H2,(H,33,34,37). The maximum absolute atomic E-state index is 13.3. The Labute approximate surface area is 246 Å². The van der Waals surface area contributed by atoms with E-state index < -0.39 is 15.9 Å². The van der Waals surface area contributed by atoms with Crippen LogP contribution in [-0.2, 0) is 16.4 Å². The van der Waals surface area contributed by atoms with Crippen molar-refractivity contribution in [1.82, 2.24) is 14.4 Å². The fourth-order valence-corrected chi connectivity index (χ4v) is 7.19. The number of hydrogen-bond acceptors (Lipinski definition) is 7. The largest absolute Gasteiger partial charge is 0.355 e. The zero-order chi connectivity index (χ0) is 29.1. The first kappa shape index (κ1) is 28.0. The maximum Gasteiger partial charge on any atom is 0.279 e. The summed E-state index contributed by atoms with van der Waals surface area (Å²) in [6.07, 6.45) is 2.64. The number of benzene rings is 3. The molecule has 42 heavy (non-hydrogen) atoms. The Morgan fingerprint density at radius 3 is 2.38 bits per heavy atom. The van der Waals surface area contributed by atoms with Crippen molar-refractivity contribution in [2.24, 2.45) is 5.92 Å². The van der Waals surface area contributed by atoms with Gasteiger partial charge in [0.05, 0.1) is 10.6 Å². The van der Waals surface area contributed by atoms with Gasteiger partial charge in [0.15, 0.2) is 16.6 Å². The van der Waals surface area contributed by atoms with Crippen LogP contribution in [0, 0.1) is 11.7 Å². The van der Waals surface area contributed by atoms with Crippen LogP contribution in [0.2, 0.25) is 0 Å². The van der Waals surface area contributed by atoms with E-state index in [1.807, 2.05) is 18.2 Å². The van der Waals surface area contributed by atoms with Crippen LogP contribution in [0.3, 0.4) is 0 Å². The molecule has 3 heterocycles. The summed E-state index contributed by atoms with van der Waals surface area (Å²) in [5.74, 6) is -0.0581. The molecular weight excluding hydrogens is 575 g/mol. The smallest absolute Gasteiger partial charge is 0.279 e. The molecule has 3 aromatic carbocycles. The number of nitrogens with one attached hydrogen (secondary N) is 1. The number of rotatable bonds is 8. The average molecular weight is 603 g/mol. The summed E-state index contributed by atoms with van der Waals surface area (Å²) in [5.41, 5.74) is 3.27. The normalized spacial score (nSPS) is 14.6. The van der Waals surface area contributed by atoms with Gasteiger partial charge in [-0.2, -0.15) is 4.31 Å². The van der Waals surface area contributed by atoms with Gasteiger partial charge in [-0.15, -0.1) is 11.3 Å². The third kappa shape index (κ3) is 6.18. The number of carbonyl (C=O) groups is 1. The summed E-state index contributed by atoms with van der Waals surface area (Å²) in [7, 11) is -3.59. The summed E-state index contributed by atoms with van der Waals surface area (Å²) in [6, 6.07) is 24.1. The number of sulfonamides is 1. The van der Waals surface area contributed by atoms with Gasteiger partial charge >= 0.3 is 0 Å². The van der Waals surface area contributed by atoms with E-state index in [9.17, 15) is 17.6 Å². The fraction of sp³-hybridized carbons (Fsp3) is 0.194. The van der Waals surface area contributed by atoms with Crippen molar-refractivity contribution in [2.45, 2.75) is 24.2 Å². The molecule has 11 heteroatoms. The Hall–Kier alpha value is -4.19. The van der Waals surface area contributed by atoms with Crippen molar-refractivity contribution in [1.29, 1.82) is 0 Å². The molecule has 1 fully saturated rings. The topological polar surface area (TPSA) is 105 Å². The first-order chi connectivity index (χ1) is 20.3. The number of halogens is 1. The number of nitrogens with zero attached hydrogens (tertiary/aromatic N) is 3. The molecule has 1 N–H and O–H groups in total. The molecule has 8 nitrogen and oxygen atoms in total. The van der Waals surface area contributed by atoms with Crippen LogP contribution in [0.1, 0.15) is 28.9 Å². The van der Waals surface area contributed by atoms with Crippen molar-refractivity contribution >= 4 is 32.4 Å². The Balaban J connectivity index is 1.06. The molecule has 6 rings (SSSR count). The van der Waals surface area contributed by atoms with Crippen molar-refractivity contribution in [3.8, 4) is 22.6 Å². The molecule has 1 saturated heterocycles. The second-order valence-corrected chi connectivity index (χ2v) is 12.9. The molecule has 0 atom stereocenters. The van der Waals surface area contributed by atoms with Gasteiger partial charge in [0.2, 0.25) is 10.0 Å². The number of thiazole rings is 1. The van der Waals surface area contributed by atoms with Gasteiger partial charge in [0, 0.05) is 35.7 Å². The van der Waals surface area contributed by atoms with Crippen LogP contribution in [-0.4, -0.2) is 41.9 Å². The predicted octanol–water partition coefficient (Wildman–Crippen LogP) is 6.50. The van der Waals surface area contributed by atoms with Crippen LogP contribution in [0.15, 0.2) is 99.7 Å². The molecule has 1 aliphatic rings. The highest BCUT2D eigenvalue weighted by Crippen LogP contribution is 2.30. The lowest BCUT2D eigenvalue weighted by Gasteiger charge is -2.31. The van der Waals surface area contributed by atoms with E-state index in [-0.39, 0.29) is 16.4 Å². The van der Waals surface area contributed by atoms with Gasteiger partial charge in [-0.1, -0.05) is 47.6 Å². The molecule has 0 bridgehead atoms. The van der Waals surface area contributed by atoms with Crippen LogP contribution in [0.4, 0.5) is 9.52 Å². The Morgan fingerprint density at radius 1 is 0.976 bits per heavy atom. The number of hydrogen-bond donors (Lipinski definition) is 1. The third-order valence-corrected chi connectivity index (χ3v) is 10.00. The van der Waals surface area contributed by atoms with Crippen molar-refractivity contribution < 1.29 is 22.1 Å². The molecule has 0 saturated carbocycles. The van der Waals surface area contributed by atoms with E-state index in [0.29, 0.717) is 41.2 Å². The van der Waals surface area contributed by atoms with E-state index in [1.54, 1.807) is 34.0 Å². The van der Waals surface area contributed by atoms with E-state index in [4.69, 9.17) is 4.52 Å². The number of piperidine rings is 1. The molecule has 5 aromatic rings. The molecule has 0 radical (unpaired) electrons. The van der Waals surface area contributed by atoms with Crippen LogP contribution >= 0.6 is 11.3 Å². The minimum atomic E-state index is -3.59. The zero-order valence-corrected chi connectivity index (χ0v) is 24.1. The summed E-state index contributed by atoms with van der Waals surface area (Å²) in [4.78, 5) is 17.4. The molecule has 214 valence electrons. The van der Waals surface area contributed by atoms with E-state index in [1.165, 1.54) is 47.2 Å². The first-order valence-corrected chi connectivity index (χ1v) is 15.8. The summed E-state index contributed by atoms with van der Waals surface area (Å²) in [6.45, 7) is 1.02. The quantitative estimate of drug-likeness (QED) is 0.217. The highest BCUT2D eigenvalue weighted by molar-refractivity contribution is 7.89. The second-order valence-electron chi connectivity index (χ2n) is 10.1. The van der Waals surface area contributed by atoms with Crippen molar-refractivity contribution in [3.63, 3.8) is 0 Å². The third-order valence-electron chi connectivity index (χ3n) is 7.32. The van der Waals surface area contributed by atoms with Gasteiger partial charge in [-0.05, 0) is 67.1 Å². The molecule has 0 aliphatic carbocycles. The van der Waals surface area contributed by atoms with Crippen molar-refractivity contribution in [2.75, 3.05) is 18.4 Å². The van der Waals surface area contributed by atoms with Gasteiger partial charge in [-0.3, -0.25) is 10.1 Å². The lowest BCUT2D eigenvalue weighted by atomic mass is 9.91. The Morgan fingerprint density at radius 2 is 1.67 bits per heavy atom. The minimum absolute atomic E-state index is 0.0599. The Kier molecular flexibility index (Phi) is 7.96. The monoisotopic (exact) mass is 602 g/mol. The van der Waals surface area contributed by atoms with Gasteiger partial charge in [-0.25, -0.2) is 17.8 Å². The molecule has 1 aliphatic heterocycles. The number of carbonyl (C=O) groups excluding carboxylic acids is 1. The maximum atomic E-state index is 13.3. The average Bonchev–Trinajstić information content (AvgIpc) is 3.69. The number of aromatic nitrogens is 2. The lowest BCUT2D eigenvalue weighted by molar-refractivity contribution is 0.101. The van der Waals surface area contributed by atoms with Crippen LogP contribution in [0.25, 0.3) is 22.6 Å². The van der Waals surface area contributed by atoms with E-state index in [2.05, 4.69) is 27.6 Å². The van der Waals surface area contributed by atoms with E-state index in [0.717, 1.165) is 24.8 Å². The highest BCUT2D eigenvalue weighted by atomic mass is 32.2. The predicted molar refractivity (Wildman–Crippen MR) is 159 cm³/mol. The van der Waals surface area contributed by atoms with Gasteiger partial charge in [0.1, 0.15) is 5.82 Å². The highest BCUT2D eigenvalue weighted by Gasteiger charge is 2.29. The van der Waals surface area contributed by atoms with E-state index >= 15 is 0 Å². The number of anilines is 1. The summed E-state index contributed by atoms with van der Waals surface area (Å²) < 4.78 is 46.6. The Bertz CT molecular complexity index is 1780. The van der Waals surface area contributed by atoms with Crippen molar-refractivity contribution in [3.05, 3.63) is 107 Å². The summed E-state index contributed by atoms with van der Waals surface area (Å²) in [5, 5.41) is 8.65. The summed E-state index contributed by atoms with van der Waals surface area (Å²) >= 11 is 1.24. The molecule has 2 aromatic heterocycles. The SMILES string of the molecule is O=C(Nc1nc(-c2ccc(S(=O)(=O)N3CCC(Cc4ccccc4)CC3)cc2)cs1)c1cc(-c2ccc(F)cc2)on1. The molecule has 0 unspecified atom stereocenters. The molecule has 1 amide bonds. The van der Waals surface area contributed by atoms with Crippen LogP contribution in [0.5, 0.6) is 0 Å². The van der Waals surface area contributed by atoms with Gasteiger partial charge < -0.3 is 4.52 Å². The first-order valence-electron chi connectivity index (χ1n) is 13.5. The lowest BCUT2D eigenvalue weighted by Crippen LogP contribution is -2.38. The van der Waals surface area contributed by atoms with Gasteiger partial charge in [0.25, 0.3) is 5.91 Å². The molecule has 0 spiro atoms. The van der Waals surface area contributed by atoms with Crippen LogP contribution < -0.4 is 5.32 Å². The molecular formula is C31H27FN4O4S2. The zero-order valence-electron chi connectivity index (χ0n) is 22.4. The minimum Gasteiger partial charge on any atom is -0.355 e. The fourth-order valence-electron chi connectivity index (χ4n) is 5.01. The number of amides is 1.